The van der Waals surface area contributed by atoms with E-state index in [1.807, 2.05) is 31.2 Å². The number of benzene rings is 1. The minimum atomic E-state index is -3.36. The molecule has 0 aliphatic heterocycles. The molecule has 0 bridgehead atoms. The molecule has 0 heterocycles. The first-order valence-corrected chi connectivity index (χ1v) is 9.45. The van der Waals surface area contributed by atoms with Gasteiger partial charge in [0, 0.05) is 13.1 Å². The third-order valence-electron chi connectivity index (χ3n) is 3.41. The Morgan fingerprint density at radius 3 is 2.36 bits per heavy atom. The summed E-state index contributed by atoms with van der Waals surface area (Å²) in [5, 5.41) is 2.77. The van der Waals surface area contributed by atoms with Crippen molar-refractivity contribution in [2.24, 2.45) is 0 Å². The van der Waals surface area contributed by atoms with Crippen molar-refractivity contribution < 1.29 is 13.2 Å². The van der Waals surface area contributed by atoms with Crippen LogP contribution < -0.4 is 5.32 Å². The number of hydrogen-bond acceptors (Lipinski definition) is 3. The van der Waals surface area contributed by atoms with Gasteiger partial charge in [-0.25, -0.2) is 8.42 Å². The summed E-state index contributed by atoms with van der Waals surface area (Å²) in [5.74, 6) is -0.275. The van der Waals surface area contributed by atoms with E-state index in [0.29, 0.717) is 13.1 Å². The van der Waals surface area contributed by atoms with Crippen molar-refractivity contribution in [3.8, 4) is 0 Å². The van der Waals surface area contributed by atoms with E-state index in [9.17, 15) is 13.2 Å². The number of unbranched alkanes of at least 4 members (excludes halogenated alkanes) is 2. The summed E-state index contributed by atoms with van der Waals surface area (Å²) in [6, 6.07) is 7.86. The largest absolute Gasteiger partial charge is 0.351 e. The van der Waals surface area contributed by atoms with Crippen LogP contribution in [0.2, 0.25) is 0 Å². The van der Waals surface area contributed by atoms with Gasteiger partial charge >= 0.3 is 0 Å². The number of carbonyl (C=O) groups is 1. The van der Waals surface area contributed by atoms with Crippen molar-refractivity contribution in [2.45, 2.75) is 39.7 Å². The maximum absolute atomic E-state index is 12.0. The predicted molar refractivity (Wildman–Crippen MR) is 89.0 cm³/mol. The lowest BCUT2D eigenvalue weighted by molar-refractivity contribution is -0.121. The summed E-state index contributed by atoms with van der Waals surface area (Å²) in [7, 11) is -3.36. The Hall–Kier alpha value is -1.40. The van der Waals surface area contributed by atoms with Crippen molar-refractivity contribution in [3.05, 3.63) is 35.4 Å². The zero-order valence-corrected chi connectivity index (χ0v) is 14.4. The van der Waals surface area contributed by atoms with Gasteiger partial charge in [0.2, 0.25) is 15.9 Å². The summed E-state index contributed by atoms with van der Waals surface area (Å²) in [6.07, 6.45) is 3.88. The van der Waals surface area contributed by atoms with Gasteiger partial charge in [0.25, 0.3) is 0 Å². The van der Waals surface area contributed by atoms with Crippen molar-refractivity contribution in [3.63, 3.8) is 0 Å². The van der Waals surface area contributed by atoms with Gasteiger partial charge in [-0.05, 0) is 18.9 Å². The van der Waals surface area contributed by atoms with Gasteiger partial charge in [-0.1, -0.05) is 49.6 Å². The Balaban J connectivity index is 2.50. The molecule has 0 saturated heterocycles. The first kappa shape index (κ1) is 18.6. The molecule has 1 amide bonds. The molecule has 5 nitrogen and oxygen atoms in total. The van der Waals surface area contributed by atoms with Crippen molar-refractivity contribution in [1.82, 2.24) is 9.62 Å². The van der Waals surface area contributed by atoms with E-state index < -0.39 is 10.0 Å². The molecule has 0 aliphatic rings. The molecule has 1 rings (SSSR count). The molecular weight excluding hydrogens is 300 g/mol. The van der Waals surface area contributed by atoms with E-state index in [4.69, 9.17) is 0 Å². The second-order valence-corrected chi connectivity index (χ2v) is 7.55. The van der Waals surface area contributed by atoms with Crippen molar-refractivity contribution in [1.29, 1.82) is 0 Å². The third-order valence-corrected chi connectivity index (χ3v) is 4.66. The molecule has 0 saturated carbocycles. The van der Waals surface area contributed by atoms with Crippen LogP contribution in [-0.4, -0.2) is 38.0 Å². The average molecular weight is 326 g/mol. The number of carbonyl (C=O) groups excluding carboxylic acids is 1. The molecule has 1 aromatic rings. The minimum Gasteiger partial charge on any atom is -0.351 e. The third kappa shape index (κ3) is 7.04. The van der Waals surface area contributed by atoms with Crippen LogP contribution in [0.5, 0.6) is 0 Å². The highest BCUT2D eigenvalue weighted by Crippen LogP contribution is 2.05. The summed E-state index contributed by atoms with van der Waals surface area (Å²) in [5.41, 5.74) is 2.16. The molecule has 0 spiro atoms. The van der Waals surface area contributed by atoms with E-state index in [1.54, 1.807) is 0 Å². The van der Waals surface area contributed by atoms with Gasteiger partial charge in [-0.2, -0.15) is 4.31 Å². The fraction of sp³-hybridized carbons (Fsp3) is 0.562. The number of nitrogens with one attached hydrogen (secondary N) is 1. The molecule has 0 aromatic heterocycles. The van der Waals surface area contributed by atoms with Crippen LogP contribution in [0.15, 0.2) is 24.3 Å². The van der Waals surface area contributed by atoms with Crippen LogP contribution in [0.3, 0.4) is 0 Å². The Morgan fingerprint density at radius 1 is 1.18 bits per heavy atom. The Labute approximate surface area is 133 Å². The van der Waals surface area contributed by atoms with Crippen molar-refractivity contribution >= 4 is 15.9 Å². The summed E-state index contributed by atoms with van der Waals surface area (Å²) >= 11 is 0. The topological polar surface area (TPSA) is 66.5 Å². The predicted octanol–water partition coefficient (Wildman–Crippen LogP) is 2.06. The van der Waals surface area contributed by atoms with Gasteiger partial charge in [-0.15, -0.1) is 0 Å². The number of hydrogen-bond donors (Lipinski definition) is 1. The van der Waals surface area contributed by atoms with E-state index in [0.717, 1.165) is 36.6 Å². The van der Waals surface area contributed by atoms with Crippen LogP contribution in [0, 0.1) is 6.92 Å². The fourth-order valence-corrected chi connectivity index (χ4v) is 2.84. The van der Waals surface area contributed by atoms with Crippen LogP contribution in [0.25, 0.3) is 0 Å². The number of rotatable bonds is 9. The van der Waals surface area contributed by atoms with Gasteiger partial charge < -0.3 is 5.32 Å². The second kappa shape index (κ2) is 8.90. The first-order valence-electron chi connectivity index (χ1n) is 7.60. The van der Waals surface area contributed by atoms with Crippen LogP contribution in [-0.2, 0) is 21.4 Å². The number of aryl methyl sites for hydroxylation is 1. The molecule has 1 aromatic carbocycles. The summed E-state index contributed by atoms with van der Waals surface area (Å²) in [4.78, 5) is 12.0. The molecule has 0 aliphatic carbocycles. The Morgan fingerprint density at radius 2 is 1.82 bits per heavy atom. The number of amides is 1. The zero-order chi connectivity index (χ0) is 16.6. The molecule has 1 N–H and O–H groups in total. The zero-order valence-electron chi connectivity index (χ0n) is 13.6. The highest BCUT2D eigenvalue weighted by molar-refractivity contribution is 7.88. The SMILES string of the molecule is CCCCCN(CC(=O)NCc1ccc(C)cc1)S(C)(=O)=O. The van der Waals surface area contributed by atoms with Crippen LogP contribution in [0.4, 0.5) is 0 Å². The highest BCUT2D eigenvalue weighted by atomic mass is 32.2. The molecule has 0 unspecified atom stereocenters. The van der Waals surface area contributed by atoms with Gasteiger partial charge in [0.05, 0.1) is 12.8 Å². The molecule has 0 atom stereocenters. The van der Waals surface area contributed by atoms with E-state index in [1.165, 1.54) is 4.31 Å². The van der Waals surface area contributed by atoms with Gasteiger partial charge in [0.15, 0.2) is 0 Å². The van der Waals surface area contributed by atoms with E-state index in [2.05, 4.69) is 12.2 Å². The lowest BCUT2D eigenvalue weighted by atomic mass is 10.1. The van der Waals surface area contributed by atoms with E-state index >= 15 is 0 Å². The standard InChI is InChI=1S/C16H26N2O3S/c1-4-5-6-11-18(22(3,20)21)13-16(19)17-12-15-9-7-14(2)8-10-15/h7-10H,4-6,11-13H2,1-3H3,(H,17,19). The lowest BCUT2D eigenvalue weighted by Gasteiger charge is -2.19. The highest BCUT2D eigenvalue weighted by Gasteiger charge is 2.19. The maximum Gasteiger partial charge on any atom is 0.235 e. The first-order chi connectivity index (χ1) is 10.3. The monoisotopic (exact) mass is 326 g/mol. The smallest absolute Gasteiger partial charge is 0.235 e. The number of nitrogens with zero attached hydrogens (tertiary/aromatic N) is 1. The quantitative estimate of drug-likeness (QED) is 0.706. The summed E-state index contributed by atoms with van der Waals surface area (Å²) < 4.78 is 24.7. The van der Waals surface area contributed by atoms with E-state index in [-0.39, 0.29) is 12.5 Å². The van der Waals surface area contributed by atoms with Crippen LogP contribution in [0.1, 0.15) is 37.3 Å². The summed E-state index contributed by atoms with van der Waals surface area (Å²) in [6.45, 7) is 4.74. The molecule has 0 fully saturated rings. The maximum atomic E-state index is 12.0. The van der Waals surface area contributed by atoms with Gasteiger partial charge in [0.1, 0.15) is 0 Å². The Bertz CT molecular complexity index is 568. The molecular formula is C16H26N2O3S. The lowest BCUT2D eigenvalue weighted by Crippen LogP contribution is -2.40. The second-order valence-electron chi connectivity index (χ2n) is 5.57. The molecule has 6 heteroatoms. The molecule has 22 heavy (non-hydrogen) atoms. The van der Waals surface area contributed by atoms with Crippen LogP contribution >= 0.6 is 0 Å². The van der Waals surface area contributed by atoms with Crippen molar-refractivity contribution in [2.75, 3.05) is 19.3 Å². The number of sulfonamides is 1. The normalized spacial score (nSPS) is 11.6. The molecule has 0 radical (unpaired) electrons. The molecule has 124 valence electrons. The fourth-order valence-electron chi connectivity index (χ4n) is 2.02. The Kier molecular flexibility index (Phi) is 7.55. The average Bonchev–Trinajstić information content (AvgIpc) is 2.45. The van der Waals surface area contributed by atoms with Gasteiger partial charge in [-0.3, -0.25) is 4.79 Å². The minimum absolute atomic E-state index is 0.117.